The molecule has 0 aromatic rings. The lowest BCUT2D eigenvalue weighted by Gasteiger charge is -2.26. The molecule has 0 bridgehead atoms. The third-order valence-corrected chi connectivity index (χ3v) is 1.70. The molecule has 1 unspecified atom stereocenters. The highest BCUT2D eigenvalue weighted by Crippen LogP contribution is 2.35. The standard InChI is InChI=1S/C5H8O3P/c1-4-5-8-9(3,6)7-2/h1H,3,5H2,2H3/q-1. The average molecular weight is 147 g/mol. The van der Waals surface area contributed by atoms with E-state index in [1.807, 2.05) is 0 Å². The SMILES string of the molecule is C#CCOP(=C)([O-])OC. The van der Waals surface area contributed by atoms with Gasteiger partial charge in [-0.15, -0.1) is 6.42 Å². The van der Waals surface area contributed by atoms with E-state index >= 15 is 0 Å². The molecule has 0 heterocycles. The van der Waals surface area contributed by atoms with E-state index in [2.05, 4.69) is 21.3 Å². The van der Waals surface area contributed by atoms with Gasteiger partial charge in [-0.1, -0.05) is 12.2 Å². The Bertz CT molecular complexity index is 158. The minimum absolute atomic E-state index is 0.0331. The third kappa shape index (κ3) is 4.26. The van der Waals surface area contributed by atoms with E-state index in [1.54, 1.807) is 0 Å². The van der Waals surface area contributed by atoms with Gasteiger partial charge in [0.2, 0.25) is 0 Å². The van der Waals surface area contributed by atoms with Crippen LogP contribution in [-0.4, -0.2) is 20.0 Å². The molecule has 52 valence electrons. The van der Waals surface area contributed by atoms with Gasteiger partial charge < -0.3 is 13.9 Å². The van der Waals surface area contributed by atoms with Crippen molar-refractivity contribution in [3.05, 3.63) is 0 Å². The summed E-state index contributed by atoms with van der Waals surface area (Å²) in [6, 6.07) is 0. The fourth-order valence-electron chi connectivity index (χ4n) is 0.188. The Morgan fingerprint density at radius 2 is 2.44 bits per heavy atom. The summed E-state index contributed by atoms with van der Waals surface area (Å²) in [6.07, 6.45) is 7.95. The van der Waals surface area contributed by atoms with Crippen molar-refractivity contribution >= 4 is 13.9 Å². The molecule has 0 radical (unpaired) electrons. The van der Waals surface area contributed by atoms with Crippen molar-refractivity contribution in [2.45, 2.75) is 0 Å². The maximum atomic E-state index is 10.7. The van der Waals surface area contributed by atoms with Crippen LogP contribution >= 0.6 is 7.57 Å². The van der Waals surface area contributed by atoms with Crippen molar-refractivity contribution in [2.24, 2.45) is 0 Å². The molecule has 4 heteroatoms. The van der Waals surface area contributed by atoms with Crippen LogP contribution in [0.15, 0.2) is 0 Å². The van der Waals surface area contributed by atoms with Gasteiger partial charge in [-0.2, -0.15) is 0 Å². The second kappa shape index (κ2) is 3.71. The highest BCUT2D eigenvalue weighted by Gasteiger charge is 1.93. The molecule has 0 N–H and O–H groups in total. The molecule has 0 rings (SSSR count). The molecule has 0 amide bonds. The number of rotatable bonds is 3. The summed E-state index contributed by atoms with van der Waals surface area (Å²) in [5, 5.41) is 0. The van der Waals surface area contributed by atoms with Crippen molar-refractivity contribution in [1.82, 2.24) is 0 Å². The Hall–Kier alpha value is -0.260. The fourth-order valence-corrected chi connectivity index (χ4v) is 0.565. The largest absolute Gasteiger partial charge is 0.789 e. The second-order valence-corrected chi connectivity index (χ2v) is 3.12. The molecule has 0 aliphatic heterocycles. The van der Waals surface area contributed by atoms with Gasteiger partial charge in [0.05, 0.1) is 0 Å². The summed E-state index contributed by atoms with van der Waals surface area (Å²) in [6.45, 7) is -0.0331. The predicted octanol–water partition coefficient (Wildman–Crippen LogP) is -0.163. The third-order valence-electron chi connectivity index (χ3n) is 0.623. The molecule has 0 saturated heterocycles. The maximum absolute atomic E-state index is 10.7. The summed E-state index contributed by atoms with van der Waals surface area (Å²) in [5.41, 5.74) is 0. The zero-order valence-corrected chi connectivity index (χ0v) is 6.06. The lowest BCUT2D eigenvalue weighted by atomic mass is 10.8. The zero-order chi connectivity index (χ0) is 7.33. The molecule has 0 fully saturated rings. The summed E-state index contributed by atoms with van der Waals surface area (Å²) in [7, 11) is -1.83. The molecule has 0 saturated carbocycles. The quantitative estimate of drug-likeness (QED) is 0.411. The van der Waals surface area contributed by atoms with E-state index < -0.39 is 7.57 Å². The van der Waals surface area contributed by atoms with E-state index in [0.717, 1.165) is 0 Å². The van der Waals surface area contributed by atoms with Crippen LogP contribution < -0.4 is 4.89 Å². The highest BCUT2D eigenvalue weighted by atomic mass is 31.2. The smallest absolute Gasteiger partial charge is 0.112 e. The number of hydrogen-bond donors (Lipinski definition) is 0. The van der Waals surface area contributed by atoms with Crippen LogP contribution in [0.25, 0.3) is 0 Å². The molecular formula is C5H8O3P-. The van der Waals surface area contributed by atoms with E-state index in [9.17, 15) is 4.89 Å². The molecule has 1 atom stereocenters. The van der Waals surface area contributed by atoms with Gasteiger partial charge >= 0.3 is 0 Å². The van der Waals surface area contributed by atoms with E-state index in [-0.39, 0.29) is 6.61 Å². The van der Waals surface area contributed by atoms with E-state index in [4.69, 9.17) is 6.42 Å². The zero-order valence-electron chi connectivity index (χ0n) is 5.16. The van der Waals surface area contributed by atoms with Crippen molar-refractivity contribution in [1.29, 1.82) is 0 Å². The van der Waals surface area contributed by atoms with Crippen LogP contribution in [0.1, 0.15) is 0 Å². The molecular weight excluding hydrogens is 139 g/mol. The van der Waals surface area contributed by atoms with Gasteiger partial charge in [0.15, 0.2) is 0 Å². The average Bonchev–Trinajstić information content (AvgIpc) is 1.84. The van der Waals surface area contributed by atoms with Crippen LogP contribution in [0.4, 0.5) is 0 Å². The van der Waals surface area contributed by atoms with Crippen molar-refractivity contribution in [3.8, 4) is 12.3 Å². The molecule has 0 aromatic heterocycles. The molecule has 3 nitrogen and oxygen atoms in total. The Kier molecular flexibility index (Phi) is 3.60. The lowest BCUT2D eigenvalue weighted by molar-refractivity contribution is -0.204. The highest BCUT2D eigenvalue weighted by molar-refractivity contribution is 7.57. The summed E-state index contributed by atoms with van der Waals surface area (Å²) in [5.74, 6) is 2.14. The minimum atomic E-state index is -3.08. The number of hydrogen-bond acceptors (Lipinski definition) is 3. The first kappa shape index (κ1) is 8.74. The molecule has 0 spiro atoms. The van der Waals surface area contributed by atoms with Crippen LogP contribution in [0.5, 0.6) is 0 Å². The van der Waals surface area contributed by atoms with Gasteiger partial charge in [-0.05, 0) is 0 Å². The Labute approximate surface area is 54.8 Å². The van der Waals surface area contributed by atoms with Crippen LogP contribution in [0.2, 0.25) is 0 Å². The van der Waals surface area contributed by atoms with Crippen LogP contribution in [0.3, 0.4) is 0 Å². The Balaban J connectivity index is 3.63. The first-order valence-electron chi connectivity index (χ1n) is 2.20. The molecule has 9 heavy (non-hydrogen) atoms. The van der Waals surface area contributed by atoms with Gasteiger partial charge in [0.25, 0.3) is 0 Å². The van der Waals surface area contributed by atoms with E-state index in [1.165, 1.54) is 7.11 Å². The first-order chi connectivity index (χ1) is 4.12. The van der Waals surface area contributed by atoms with Crippen LogP contribution in [-0.2, 0) is 9.05 Å². The van der Waals surface area contributed by atoms with Crippen LogP contribution in [0, 0.1) is 12.3 Å². The Morgan fingerprint density at radius 3 is 2.78 bits per heavy atom. The summed E-state index contributed by atoms with van der Waals surface area (Å²) >= 11 is 0. The summed E-state index contributed by atoms with van der Waals surface area (Å²) < 4.78 is 8.88. The second-order valence-electron chi connectivity index (χ2n) is 1.27. The van der Waals surface area contributed by atoms with Gasteiger partial charge in [0, 0.05) is 14.7 Å². The minimum Gasteiger partial charge on any atom is -0.789 e. The number of terminal acetylenes is 1. The maximum Gasteiger partial charge on any atom is 0.112 e. The summed E-state index contributed by atoms with van der Waals surface area (Å²) in [4.78, 5) is 10.7. The normalized spacial score (nSPS) is 16.1. The van der Waals surface area contributed by atoms with E-state index in [0.29, 0.717) is 0 Å². The first-order valence-corrected chi connectivity index (χ1v) is 3.93. The fraction of sp³-hybridized carbons (Fsp3) is 0.400. The Morgan fingerprint density at radius 1 is 1.89 bits per heavy atom. The molecule has 0 aromatic carbocycles. The van der Waals surface area contributed by atoms with Gasteiger partial charge in [-0.3, -0.25) is 0 Å². The molecule has 0 aliphatic rings. The van der Waals surface area contributed by atoms with Gasteiger partial charge in [0.1, 0.15) is 6.61 Å². The molecule has 0 aliphatic carbocycles. The monoisotopic (exact) mass is 147 g/mol. The lowest BCUT2D eigenvalue weighted by Crippen LogP contribution is -2.06. The van der Waals surface area contributed by atoms with Crippen molar-refractivity contribution in [3.63, 3.8) is 0 Å². The van der Waals surface area contributed by atoms with Crippen molar-refractivity contribution in [2.75, 3.05) is 13.7 Å². The van der Waals surface area contributed by atoms with Gasteiger partial charge in [-0.25, -0.2) is 0 Å². The van der Waals surface area contributed by atoms with Crippen molar-refractivity contribution < 1.29 is 13.9 Å². The topological polar surface area (TPSA) is 41.5 Å². The predicted molar refractivity (Wildman–Crippen MR) is 35.8 cm³/mol.